The fourth-order valence-electron chi connectivity index (χ4n) is 2.95. The molecule has 0 radical (unpaired) electrons. The normalized spacial score (nSPS) is 18.4. The fourth-order valence-corrected chi connectivity index (χ4v) is 3.63. The second-order valence-corrected chi connectivity index (χ2v) is 7.20. The lowest BCUT2D eigenvalue weighted by Gasteiger charge is -2.19. The summed E-state index contributed by atoms with van der Waals surface area (Å²) in [4.78, 5) is 3.77. The largest absolute Gasteiger partial charge is 0.311 e. The molecule has 1 aromatic rings. The second-order valence-electron chi connectivity index (χ2n) is 6.22. The molecule has 0 amide bonds. The molecule has 2 nitrogen and oxygen atoms in total. The molecule has 22 heavy (non-hydrogen) atoms. The first-order valence-electron chi connectivity index (χ1n) is 8.07. The summed E-state index contributed by atoms with van der Waals surface area (Å²) < 4.78 is 0. The van der Waals surface area contributed by atoms with Crippen molar-refractivity contribution in [3.63, 3.8) is 0 Å². The number of hydrogen-bond acceptors (Lipinski definition) is 3. The quantitative estimate of drug-likeness (QED) is 0.797. The van der Waals surface area contributed by atoms with Crippen LogP contribution in [0.3, 0.4) is 0 Å². The Morgan fingerprint density at radius 2 is 2.09 bits per heavy atom. The molecule has 0 spiro atoms. The van der Waals surface area contributed by atoms with Crippen LogP contribution in [0.25, 0.3) is 4.91 Å². The maximum Gasteiger partial charge on any atom is 0.0218 e. The first-order chi connectivity index (χ1) is 10.6. The average molecular weight is 317 g/mol. The number of hydrogen-bond donors (Lipinski definition) is 1. The first kappa shape index (κ1) is 17.3. The summed E-state index contributed by atoms with van der Waals surface area (Å²) in [6.45, 7) is 11.4. The van der Waals surface area contributed by atoms with E-state index in [4.69, 9.17) is 0 Å². The summed E-state index contributed by atoms with van der Waals surface area (Å²) in [7, 11) is 2.23. The molecule has 0 saturated carbocycles. The van der Waals surface area contributed by atoms with Crippen LogP contribution in [-0.4, -0.2) is 31.1 Å². The second kappa shape index (κ2) is 8.56. The van der Waals surface area contributed by atoms with Gasteiger partial charge < -0.3 is 10.2 Å². The van der Waals surface area contributed by atoms with Crippen molar-refractivity contribution in [1.82, 2.24) is 10.2 Å². The van der Waals surface area contributed by atoms with Crippen molar-refractivity contribution in [2.45, 2.75) is 39.3 Å². The number of nitrogens with one attached hydrogen (secondary N) is 1. The van der Waals surface area contributed by atoms with Gasteiger partial charge in [0.05, 0.1) is 0 Å². The Labute approximate surface area is 139 Å². The maximum absolute atomic E-state index is 3.83. The minimum absolute atomic E-state index is 0.709. The fraction of sp³-hybridized carbons (Fsp3) is 0.474. The number of likely N-dealkylation sites (N-methyl/N-ethyl adjacent to an activating group) is 1. The molecule has 1 aliphatic rings. The molecule has 120 valence electrons. The Morgan fingerprint density at radius 1 is 1.36 bits per heavy atom. The van der Waals surface area contributed by atoms with Gasteiger partial charge in [0.15, 0.2) is 0 Å². The highest BCUT2D eigenvalue weighted by Crippen LogP contribution is 2.31. The zero-order valence-corrected chi connectivity index (χ0v) is 14.9. The van der Waals surface area contributed by atoms with Crippen LogP contribution >= 0.6 is 11.8 Å². The summed E-state index contributed by atoms with van der Waals surface area (Å²) >= 11 is 1.70. The van der Waals surface area contributed by atoms with Crippen LogP contribution in [0.2, 0.25) is 0 Å². The molecule has 0 aliphatic carbocycles. The summed E-state index contributed by atoms with van der Waals surface area (Å²) in [6, 6.07) is 9.61. The van der Waals surface area contributed by atoms with Crippen molar-refractivity contribution in [2.24, 2.45) is 0 Å². The van der Waals surface area contributed by atoms with Gasteiger partial charge in [0, 0.05) is 24.0 Å². The van der Waals surface area contributed by atoms with Crippen LogP contribution in [0.4, 0.5) is 0 Å². The van der Waals surface area contributed by atoms with Gasteiger partial charge in [0.1, 0.15) is 0 Å². The number of benzene rings is 1. The monoisotopic (exact) mass is 316 g/mol. The van der Waals surface area contributed by atoms with E-state index in [0.717, 1.165) is 13.1 Å². The van der Waals surface area contributed by atoms with Crippen molar-refractivity contribution in [1.29, 1.82) is 0 Å². The van der Waals surface area contributed by atoms with E-state index < -0.39 is 0 Å². The molecule has 1 aliphatic heterocycles. The maximum atomic E-state index is 3.83. The molecule has 1 N–H and O–H groups in total. The van der Waals surface area contributed by atoms with Crippen LogP contribution in [0, 0.1) is 0 Å². The Morgan fingerprint density at radius 3 is 2.64 bits per heavy atom. The summed E-state index contributed by atoms with van der Waals surface area (Å²) in [6.07, 6.45) is 2.66. The van der Waals surface area contributed by atoms with Crippen LogP contribution < -0.4 is 5.32 Å². The third kappa shape index (κ3) is 4.73. The molecule has 1 fully saturated rings. The molecule has 2 rings (SSSR count). The van der Waals surface area contributed by atoms with Crippen LogP contribution in [0.1, 0.15) is 37.8 Å². The zero-order chi connectivity index (χ0) is 15.9. The van der Waals surface area contributed by atoms with Gasteiger partial charge >= 0.3 is 0 Å². The van der Waals surface area contributed by atoms with E-state index >= 15 is 0 Å². The smallest absolute Gasteiger partial charge is 0.0218 e. The first-order valence-corrected chi connectivity index (χ1v) is 8.95. The van der Waals surface area contributed by atoms with E-state index in [0.29, 0.717) is 6.04 Å². The van der Waals surface area contributed by atoms with E-state index in [-0.39, 0.29) is 0 Å². The van der Waals surface area contributed by atoms with Gasteiger partial charge in [-0.15, -0.1) is 0 Å². The predicted molar refractivity (Wildman–Crippen MR) is 99.9 cm³/mol. The summed E-state index contributed by atoms with van der Waals surface area (Å²) in [5.41, 5.74) is 3.96. The van der Waals surface area contributed by atoms with Gasteiger partial charge in [-0.25, -0.2) is 0 Å². The number of nitrogens with zero attached hydrogens (tertiary/aromatic N) is 1. The lowest BCUT2D eigenvalue weighted by atomic mass is 10.1. The van der Waals surface area contributed by atoms with Gasteiger partial charge in [0.2, 0.25) is 0 Å². The van der Waals surface area contributed by atoms with Crippen LogP contribution in [-0.2, 0) is 6.54 Å². The van der Waals surface area contributed by atoms with Gasteiger partial charge in [-0.05, 0) is 56.8 Å². The van der Waals surface area contributed by atoms with E-state index in [1.165, 1.54) is 41.0 Å². The molecule has 1 atom stereocenters. The highest BCUT2D eigenvalue weighted by Gasteiger charge is 2.19. The third-order valence-electron chi connectivity index (χ3n) is 4.25. The number of rotatable bonds is 7. The van der Waals surface area contributed by atoms with Crippen molar-refractivity contribution >= 4 is 16.7 Å². The Hall–Kier alpha value is -1.03. The number of allylic oxidation sites excluding steroid dienone is 1. The van der Waals surface area contributed by atoms with Gasteiger partial charge in [-0.1, -0.05) is 48.2 Å². The molecule has 0 aromatic heterocycles. The number of likely N-dealkylation sites (tertiary alicyclic amines) is 1. The predicted octanol–water partition coefficient (Wildman–Crippen LogP) is 4.50. The molecule has 1 unspecified atom stereocenters. The minimum atomic E-state index is 0.709. The van der Waals surface area contributed by atoms with Gasteiger partial charge in [-0.3, -0.25) is 0 Å². The van der Waals surface area contributed by atoms with Crippen molar-refractivity contribution in [2.75, 3.05) is 20.1 Å². The minimum Gasteiger partial charge on any atom is -0.311 e. The topological polar surface area (TPSA) is 15.3 Å². The summed E-state index contributed by atoms with van der Waals surface area (Å²) in [5.74, 6) is 0. The SMILES string of the molecule is C=CSC(=C(C)C)c1ccc(CNCC2CCCN2C)cc1. The van der Waals surface area contributed by atoms with E-state index in [9.17, 15) is 0 Å². The summed E-state index contributed by atoms with van der Waals surface area (Å²) in [5, 5.41) is 5.49. The highest BCUT2D eigenvalue weighted by atomic mass is 32.2. The lowest BCUT2D eigenvalue weighted by Crippen LogP contribution is -2.35. The Bertz CT molecular complexity index is 515. The number of thioether (sulfide) groups is 1. The standard InChI is InChI=1S/C19H28N2S/c1-5-22-19(15(2)3)17-10-8-16(9-11-17)13-20-14-18-7-6-12-21(18)4/h5,8-11,18,20H,1,6-7,12-14H2,2-4H3. The molecular formula is C19H28N2S. The lowest BCUT2D eigenvalue weighted by molar-refractivity contribution is 0.300. The molecule has 1 heterocycles. The van der Waals surface area contributed by atoms with Crippen molar-refractivity contribution in [3.8, 4) is 0 Å². The van der Waals surface area contributed by atoms with Gasteiger partial charge in [-0.2, -0.15) is 0 Å². The van der Waals surface area contributed by atoms with Gasteiger partial charge in [0.25, 0.3) is 0 Å². The Balaban J connectivity index is 1.89. The van der Waals surface area contributed by atoms with E-state index in [1.54, 1.807) is 11.8 Å². The zero-order valence-electron chi connectivity index (χ0n) is 14.1. The van der Waals surface area contributed by atoms with Crippen LogP contribution in [0.15, 0.2) is 41.8 Å². The van der Waals surface area contributed by atoms with Crippen LogP contribution in [0.5, 0.6) is 0 Å². The van der Waals surface area contributed by atoms with E-state index in [2.05, 4.69) is 62.0 Å². The molecule has 1 aromatic carbocycles. The molecule has 3 heteroatoms. The molecule has 1 saturated heterocycles. The molecular weight excluding hydrogens is 288 g/mol. The Kier molecular flexibility index (Phi) is 6.74. The highest BCUT2D eigenvalue weighted by molar-refractivity contribution is 8.10. The van der Waals surface area contributed by atoms with Crippen molar-refractivity contribution < 1.29 is 0 Å². The van der Waals surface area contributed by atoms with E-state index in [1.807, 2.05) is 5.41 Å². The average Bonchev–Trinajstić information content (AvgIpc) is 2.91. The van der Waals surface area contributed by atoms with Crippen molar-refractivity contribution in [3.05, 3.63) is 53.0 Å². The molecule has 0 bridgehead atoms. The third-order valence-corrected chi connectivity index (χ3v) is 5.30.